The third-order valence-corrected chi connectivity index (χ3v) is 4.84. The molecule has 1 aliphatic heterocycles. The molecule has 0 saturated carbocycles. The Balaban J connectivity index is 2.11. The molecule has 0 aliphatic carbocycles. The summed E-state index contributed by atoms with van der Waals surface area (Å²) in [6.45, 7) is 7.86. The van der Waals surface area contributed by atoms with Crippen LogP contribution in [0.3, 0.4) is 0 Å². The minimum atomic E-state index is 0.0539. The fourth-order valence-corrected chi connectivity index (χ4v) is 3.84. The zero-order chi connectivity index (χ0) is 14.7. The Bertz CT molecular complexity index is 458. The van der Waals surface area contributed by atoms with Crippen LogP contribution < -0.4 is 5.73 Å². The Morgan fingerprint density at radius 1 is 1.60 bits per heavy atom. The molecular formula is C15H25N3OS. The molecule has 2 rings (SSSR count). The Morgan fingerprint density at radius 2 is 2.35 bits per heavy atom. The average molecular weight is 295 g/mol. The maximum absolute atomic E-state index is 12.6. The van der Waals surface area contributed by atoms with Crippen molar-refractivity contribution in [2.75, 3.05) is 13.1 Å². The van der Waals surface area contributed by atoms with E-state index in [1.807, 2.05) is 10.3 Å². The van der Waals surface area contributed by atoms with Crippen LogP contribution in [0.15, 0.2) is 5.38 Å². The molecule has 0 aromatic carbocycles. The second-order valence-corrected chi connectivity index (χ2v) is 7.09. The van der Waals surface area contributed by atoms with Gasteiger partial charge in [-0.15, -0.1) is 11.3 Å². The minimum absolute atomic E-state index is 0.0539. The molecule has 1 aromatic rings. The molecule has 0 radical (unpaired) electrons. The second kappa shape index (κ2) is 6.68. The van der Waals surface area contributed by atoms with Crippen LogP contribution in [0, 0.1) is 11.8 Å². The molecule has 2 N–H and O–H groups in total. The van der Waals surface area contributed by atoms with Crippen LogP contribution in [0.25, 0.3) is 0 Å². The van der Waals surface area contributed by atoms with Gasteiger partial charge in [0.05, 0.1) is 5.01 Å². The van der Waals surface area contributed by atoms with Gasteiger partial charge in [-0.05, 0) is 24.7 Å². The van der Waals surface area contributed by atoms with Gasteiger partial charge in [-0.2, -0.15) is 0 Å². The van der Waals surface area contributed by atoms with Gasteiger partial charge in [-0.1, -0.05) is 20.8 Å². The van der Waals surface area contributed by atoms with Gasteiger partial charge < -0.3 is 10.6 Å². The van der Waals surface area contributed by atoms with Crippen LogP contribution in [0.5, 0.6) is 0 Å². The number of carbonyl (C=O) groups excluding carboxylic acids is 1. The Kier molecular flexibility index (Phi) is 5.16. The summed E-state index contributed by atoms with van der Waals surface area (Å²) in [6.07, 6.45) is 3.16. The van der Waals surface area contributed by atoms with E-state index in [4.69, 9.17) is 5.73 Å². The molecule has 1 saturated heterocycles. The van der Waals surface area contributed by atoms with E-state index in [1.54, 1.807) is 11.3 Å². The molecule has 0 unspecified atom stereocenters. The van der Waals surface area contributed by atoms with Crippen LogP contribution in [-0.2, 0) is 6.42 Å². The van der Waals surface area contributed by atoms with E-state index in [9.17, 15) is 4.79 Å². The molecule has 20 heavy (non-hydrogen) atoms. The first-order chi connectivity index (χ1) is 9.52. The van der Waals surface area contributed by atoms with Gasteiger partial charge in [-0.3, -0.25) is 4.79 Å². The van der Waals surface area contributed by atoms with E-state index < -0.39 is 0 Å². The van der Waals surface area contributed by atoms with Crippen molar-refractivity contribution in [2.24, 2.45) is 17.6 Å². The van der Waals surface area contributed by atoms with Crippen LogP contribution in [0.4, 0.5) is 0 Å². The lowest BCUT2D eigenvalue weighted by atomic mass is 9.90. The molecule has 1 aliphatic rings. The molecule has 5 heteroatoms. The number of piperidine rings is 1. The zero-order valence-corrected chi connectivity index (χ0v) is 13.4. The number of aromatic nitrogens is 1. The van der Waals surface area contributed by atoms with Crippen molar-refractivity contribution in [3.63, 3.8) is 0 Å². The number of hydrogen-bond acceptors (Lipinski definition) is 4. The SMILES string of the molecule is CC(C)Cc1nc(C(=O)N2CCC[C@H](C)[C@H]2CN)cs1. The highest BCUT2D eigenvalue weighted by molar-refractivity contribution is 7.09. The fraction of sp³-hybridized carbons (Fsp3) is 0.733. The van der Waals surface area contributed by atoms with Gasteiger partial charge in [0, 0.05) is 30.9 Å². The number of nitrogens with two attached hydrogens (primary N) is 1. The predicted octanol–water partition coefficient (Wildman–Crippen LogP) is 2.54. The number of hydrogen-bond donors (Lipinski definition) is 1. The van der Waals surface area contributed by atoms with Crippen LogP contribution in [0.2, 0.25) is 0 Å². The van der Waals surface area contributed by atoms with E-state index >= 15 is 0 Å². The van der Waals surface area contributed by atoms with E-state index in [2.05, 4.69) is 25.8 Å². The summed E-state index contributed by atoms with van der Waals surface area (Å²) in [5.74, 6) is 1.10. The number of thiazole rings is 1. The summed E-state index contributed by atoms with van der Waals surface area (Å²) in [4.78, 5) is 19.1. The van der Waals surface area contributed by atoms with Crippen LogP contribution in [0.1, 0.15) is 49.1 Å². The molecule has 1 amide bonds. The molecule has 0 spiro atoms. The summed E-state index contributed by atoms with van der Waals surface area (Å²) >= 11 is 1.59. The maximum Gasteiger partial charge on any atom is 0.273 e. The summed E-state index contributed by atoms with van der Waals surface area (Å²) in [5, 5.41) is 2.95. The topological polar surface area (TPSA) is 59.2 Å². The fourth-order valence-electron chi connectivity index (χ4n) is 2.86. The third-order valence-electron chi connectivity index (χ3n) is 3.97. The highest BCUT2D eigenvalue weighted by Crippen LogP contribution is 2.25. The van der Waals surface area contributed by atoms with E-state index in [1.165, 1.54) is 0 Å². The highest BCUT2D eigenvalue weighted by Gasteiger charge is 2.32. The van der Waals surface area contributed by atoms with Crippen LogP contribution in [-0.4, -0.2) is 34.9 Å². The molecule has 4 nitrogen and oxygen atoms in total. The molecule has 2 atom stereocenters. The number of likely N-dealkylation sites (tertiary alicyclic amines) is 1. The maximum atomic E-state index is 12.6. The normalized spacial score (nSPS) is 23.4. The van der Waals surface area contributed by atoms with Gasteiger partial charge in [-0.25, -0.2) is 4.98 Å². The first-order valence-electron chi connectivity index (χ1n) is 7.48. The van der Waals surface area contributed by atoms with Crippen molar-refractivity contribution in [2.45, 2.75) is 46.1 Å². The third kappa shape index (κ3) is 3.38. The smallest absolute Gasteiger partial charge is 0.273 e. The van der Waals surface area contributed by atoms with E-state index in [0.717, 1.165) is 30.8 Å². The highest BCUT2D eigenvalue weighted by atomic mass is 32.1. The van der Waals surface area contributed by atoms with Crippen molar-refractivity contribution < 1.29 is 4.79 Å². The first-order valence-corrected chi connectivity index (χ1v) is 8.36. The van der Waals surface area contributed by atoms with Gasteiger partial charge in [0.25, 0.3) is 5.91 Å². The number of carbonyl (C=O) groups is 1. The number of amides is 1. The van der Waals surface area contributed by atoms with Gasteiger partial charge in [0.1, 0.15) is 5.69 Å². The molecule has 1 aromatic heterocycles. The molecule has 2 heterocycles. The lowest BCUT2D eigenvalue weighted by Gasteiger charge is -2.39. The zero-order valence-electron chi connectivity index (χ0n) is 12.6. The standard InChI is InChI=1S/C15H25N3OS/c1-10(2)7-14-17-12(9-20-14)15(19)18-6-4-5-11(3)13(18)8-16/h9-11,13H,4-8,16H2,1-3H3/t11-,13+/m0/s1. The Labute approximate surface area is 125 Å². The molecular weight excluding hydrogens is 270 g/mol. The van der Waals surface area contributed by atoms with Gasteiger partial charge in [0.2, 0.25) is 0 Å². The summed E-state index contributed by atoms with van der Waals surface area (Å²) in [6, 6.07) is 0.159. The second-order valence-electron chi connectivity index (χ2n) is 6.15. The number of rotatable bonds is 4. The molecule has 112 valence electrons. The largest absolute Gasteiger partial charge is 0.333 e. The van der Waals surface area contributed by atoms with Crippen molar-refractivity contribution in [3.05, 3.63) is 16.1 Å². The summed E-state index contributed by atoms with van der Waals surface area (Å²) in [7, 11) is 0. The summed E-state index contributed by atoms with van der Waals surface area (Å²) in [5.41, 5.74) is 6.45. The first kappa shape index (κ1) is 15.4. The molecule has 1 fully saturated rings. The Morgan fingerprint density at radius 3 is 3.00 bits per heavy atom. The van der Waals surface area contributed by atoms with Crippen molar-refractivity contribution in [1.82, 2.24) is 9.88 Å². The van der Waals surface area contributed by atoms with E-state index in [0.29, 0.717) is 24.1 Å². The molecule has 0 bridgehead atoms. The quantitative estimate of drug-likeness (QED) is 0.928. The average Bonchev–Trinajstić information content (AvgIpc) is 2.85. The number of nitrogens with zero attached hydrogens (tertiary/aromatic N) is 2. The van der Waals surface area contributed by atoms with Crippen LogP contribution >= 0.6 is 11.3 Å². The van der Waals surface area contributed by atoms with E-state index in [-0.39, 0.29) is 11.9 Å². The van der Waals surface area contributed by atoms with Crippen molar-refractivity contribution in [3.8, 4) is 0 Å². The summed E-state index contributed by atoms with van der Waals surface area (Å²) < 4.78 is 0. The lowest BCUT2D eigenvalue weighted by Crippen LogP contribution is -2.51. The van der Waals surface area contributed by atoms with Gasteiger partial charge in [0.15, 0.2) is 0 Å². The van der Waals surface area contributed by atoms with Crippen molar-refractivity contribution >= 4 is 17.2 Å². The van der Waals surface area contributed by atoms with Gasteiger partial charge >= 0.3 is 0 Å². The lowest BCUT2D eigenvalue weighted by molar-refractivity contribution is 0.0527. The minimum Gasteiger partial charge on any atom is -0.333 e. The predicted molar refractivity (Wildman–Crippen MR) is 82.9 cm³/mol. The van der Waals surface area contributed by atoms with Crippen molar-refractivity contribution in [1.29, 1.82) is 0 Å². The monoisotopic (exact) mass is 295 g/mol. The Hall–Kier alpha value is -0.940.